The quantitative estimate of drug-likeness (QED) is 0.848. The molecule has 0 amide bonds. The zero-order chi connectivity index (χ0) is 14.3. The molecule has 0 radical (unpaired) electrons. The third-order valence-electron chi connectivity index (χ3n) is 6.40. The molecule has 2 saturated heterocycles. The normalized spacial score (nSPS) is 41.3. The highest BCUT2D eigenvalue weighted by atomic mass is 16.7. The predicted molar refractivity (Wildman–Crippen MR) is 81.9 cm³/mol. The van der Waals surface area contributed by atoms with Gasteiger partial charge in [0, 0.05) is 31.0 Å². The lowest BCUT2D eigenvalue weighted by Gasteiger charge is -2.46. The van der Waals surface area contributed by atoms with Crippen LogP contribution in [0.1, 0.15) is 57.8 Å². The molecule has 0 aromatic rings. The number of hydrogen-bond donors (Lipinski definition) is 1. The number of nitrogens with two attached hydrogens (primary N) is 1. The molecule has 0 aromatic carbocycles. The number of rotatable bonds is 2. The van der Waals surface area contributed by atoms with Gasteiger partial charge in [0.2, 0.25) is 0 Å². The van der Waals surface area contributed by atoms with Crippen LogP contribution in [0.4, 0.5) is 0 Å². The molecule has 120 valence electrons. The third-order valence-corrected chi connectivity index (χ3v) is 6.40. The van der Waals surface area contributed by atoms with Gasteiger partial charge in [-0.2, -0.15) is 0 Å². The fourth-order valence-electron chi connectivity index (χ4n) is 5.35. The minimum atomic E-state index is -0.302. The molecule has 4 nitrogen and oxygen atoms in total. The van der Waals surface area contributed by atoms with Crippen LogP contribution < -0.4 is 5.73 Å². The van der Waals surface area contributed by atoms with Gasteiger partial charge in [0.15, 0.2) is 5.79 Å². The van der Waals surface area contributed by atoms with Gasteiger partial charge < -0.3 is 15.2 Å². The third kappa shape index (κ3) is 2.65. The fourth-order valence-corrected chi connectivity index (χ4v) is 5.35. The standard InChI is InChI=1S/C17H30N2O2/c18-14-7-8-17(20-10-11-21-17)12-16(14)19-9-3-6-15(19)13-4-1-2-5-13/h13-16H,1-12,18H2. The maximum Gasteiger partial charge on any atom is 0.170 e. The van der Waals surface area contributed by atoms with Gasteiger partial charge in [-0.3, -0.25) is 4.90 Å². The summed E-state index contributed by atoms with van der Waals surface area (Å²) in [5.74, 6) is 0.617. The summed E-state index contributed by atoms with van der Waals surface area (Å²) >= 11 is 0. The van der Waals surface area contributed by atoms with Crippen LogP contribution in [-0.4, -0.2) is 48.6 Å². The Morgan fingerprint density at radius 2 is 1.67 bits per heavy atom. The predicted octanol–water partition coefficient (Wildman–Crippen LogP) is 2.26. The second-order valence-electron chi connectivity index (χ2n) is 7.57. The van der Waals surface area contributed by atoms with Crippen molar-refractivity contribution in [3.63, 3.8) is 0 Å². The van der Waals surface area contributed by atoms with Crippen LogP contribution in [0.25, 0.3) is 0 Å². The Labute approximate surface area is 128 Å². The zero-order valence-electron chi connectivity index (χ0n) is 13.1. The first-order valence-electron chi connectivity index (χ1n) is 9.07. The van der Waals surface area contributed by atoms with E-state index in [0.29, 0.717) is 12.1 Å². The number of likely N-dealkylation sites (tertiary alicyclic amines) is 1. The van der Waals surface area contributed by atoms with Crippen LogP contribution in [0.3, 0.4) is 0 Å². The maximum absolute atomic E-state index is 6.52. The smallest absolute Gasteiger partial charge is 0.170 e. The van der Waals surface area contributed by atoms with Crippen LogP contribution in [0, 0.1) is 5.92 Å². The second kappa shape index (κ2) is 5.80. The Morgan fingerprint density at radius 3 is 2.43 bits per heavy atom. The summed E-state index contributed by atoms with van der Waals surface area (Å²) in [4.78, 5) is 2.76. The summed E-state index contributed by atoms with van der Waals surface area (Å²) in [5.41, 5.74) is 6.52. The van der Waals surface area contributed by atoms with E-state index < -0.39 is 0 Å². The molecule has 2 heterocycles. The summed E-state index contributed by atoms with van der Waals surface area (Å²) in [6.45, 7) is 2.75. The number of nitrogens with zero attached hydrogens (tertiary/aromatic N) is 1. The summed E-state index contributed by atoms with van der Waals surface area (Å²) in [6.07, 6.45) is 11.5. The number of ether oxygens (including phenoxy) is 2. The van der Waals surface area contributed by atoms with E-state index in [9.17, 15) is 0 Å². The van der Waals surface area contributed by atoms with Crippen molar-refractivity contribution in [3.05, 3.63) is 0 Å². The minimum absolute atomic E-state index is 0.297. The van der Waals surface area contributed by atoms with Crippen LogP contribution >= 0.6 is 0 Å². The molecule has 2 N–H and O–H groups in total. The Morgan fingerprint density at radius 1 is 0.905 bits per heavy atom. The lowest BCUT2D eigenvalue weighted by atomic mass is 9.83. The first kappa shape index (κ1) is 14.4. The van der Waals surface area contributed by atoms with Gasteiger partial charge in [0.25, 0.3) is 0 Å². The van der Waals surface area contributed by atoms with E-state index in [-0.39, 0.29) is 5.79 Å². The summed E-state index contributed by atoms with van der Waals surface area (Å²) in [6, 6.07) is 1.54. The molecule has 21 heavy (non-hydrogen) atoms. The van der Waals surface area contributed by atoms with E-state index in [1.807, 2.05) is 0 Å². The molecule has 4 aliphatic rings. The lowest BCUT2D eigenvalue weighted by molar-refractivity contribution is -0.193. The molecule has 1 spiro atoms. The van der Waals surface area contributed by atoms with Crippen molar-refractivity contribution >= 4 is 0 Å². The van der Waals surface area contributed by atoms with Crippen LogP contribution in [0.5, 0.6) is 0 Å². The Hall–Kier alpha value is -0.160. The average molecular weight is 294 g/mol. The first-order valence-corrected chi connectivity index (χ1v) is 9.07. The number of hydrogen-bond acceptors (Lipinski definition) is 4. The molecule has 0 aromatic heterocycles. The van der Waals surface area contributed by atoms with E-state index in [1.165, 1.54) is 45.1 Å². The molecular weight excluding hydrogens is 264 g/mol. The maximum atomic E-state index is 6.52. The molecule has 2 aliphatic carbocycles. The highest BCUT2D eigenvalue weighted by Gasteiger charge is 2.48. The van der Waals surface area contributed by atoms with Gasteiger partial charge >= 0.3 is 0 Å². The van der Waals surface area contributed by atoms with Gasteiger partial charge in [-0.05, 0) is 44.6 Å². The molecule has 2 aliphatic heterocycles. The van der Waals surface area contributed by atoms with Crippen molar-refractivity contribution in [1.82, 2.24) is 4.90 Å². The van der Waals surface area contributed by atoms with Crippen molar-refractivity contribution in [2.75, 3.05) is 19.8 Å². The van der Waals surface area contributed by atoms with Crippen LogP contribution in [0.2, 0.25) is 0 Å². The van der Waals surface area contributed by atoms with Crippen molar-refractivity contribution in [3.8, 4) is 0 Å². The SMILES string of the molecule is NC1CCC2(CC1N1CCCC1C1CCCC1)OCCO2. The van der Waals surface area contributed by atoms with Crippen LogP contribution in [0.15, 0.2) is 0 Å². The van der Waals surface area contributed by atoms with Gasteiger partial charge in [0.1, 0.15) is 0 Å². The van der Waals surface area contributed by atoms with E-state index in [1.54, 1.807) is 0 Å². The summed E-state index contributed by atoms with van der Waals surface area (Å²) in [7, 11) is 0. The Bertz CT molecular complexity index is 364. The molecule has 2 saturated carbocycles. The Kier molecular flexibility index (Phi) is 3.99. The average Bonchev–Trinajstić information content (AvgIpc) is 3.21. The largest absolute Gasteiger partial charge is 0.347 e. The molecule has 3 unspecified atom stereocenters. The van der Waals surface area contributed by atoms with Gasteiger partial charge in [0.05, 0.1) is 13.2 Å². The highest BCUT2D eigenvalue weighted by molar-refractivity contribution is 5.00. The lowest BCUT2D eigenvalue weighted by Crippen LogP contribution is -2.58. The van der Waals surface area contributed by atoms with E-state index >= 15 is 0 Å². The molecular formula is C17H30N2O2. The second-order valence-corrected chi connectivity index (χ2v) is 7.57. The molecule has 4 rings (SSSR count). The molecule has 4 fully saturated rings. The van der Waals surface area contributed by atoms with Crippen molar-refractivity contribution < 1.29 is 9.47 Å². The summed E-state index contributed by atoms with van der Waals surface area (Å²) in [5, 5.41) is 0. The van der Waals surface area contributed by atoms with Gasteiger partial charge in [-0.15, -0.1) is 0 Å². The molecule has 0 bridgehead atoms. The van der Waals surface area contributed by atoms with Gasteiger partial charge in [-0.1, -0.05) is 12.8 Å². The Balaban J connectivity index is 1.49. The zero-order valence-corrected chi connectivity index (χ0v) is 13.1. The van der Waals surface area contributed by atoms with E-state index in [0.717, 1.165) is 44.4 Å². The van der Waals surface area contributed by atoms with E-state index in [4.69, 9.17) is 15.2 Å². The minimum Gasteiger partial charge on any atom is -0.347 e. The monoisotopic (exact) mass is 294 g/mol. The summed E-state index contributed by atoms with van der Waals surface area (Å²) < 4.78 is 12.0. The first-order chi connectivity index (χ1) is 10.3. The highest BCUT2D eigenvalue weighted by Crippen LogP contribution is 2.42. The topological polar surface area (TPSA) is 47.7 Å². The van der Waals surface area contributed by atoms with Crippen molar-refractivity contribution in [2.24, 2.45) is 11.7 Å². The van der Waals surface area contributed by atoms with Gasteiger partial charge in [-0.25, -0.2) is 0 Å². The van der Waals surface area contributed by atoms with Crippen LogP contribution in [-0.2, 0) is 9.47 Å². The molecule has 3 atom stereocenters. The van der Waals surface area contributed by atoms with Crippen molar-refractivity contribution in [1.29, 1.82) is 0 Å². The molecule has 4 heteroatoms. The van der Waals surface area contributed by atoms with E-state index in [2.05, 4.69) is 4.90 Å². The fraction of sp³-hybridized carbons (Fsp3) is 1.00. The van der Waals surface area contributed by atoms with Crippen molar-refractivity contribution in [2.45, 2.75) is 81.7 Å².